The van der Waals surface area contributed by atoms with Crippen molar-refractivity contribution in [3.8, 4) is 0 Å². The summed E-state index contributed by atoms with van der Waals surface area (Å²) in [6.07, 6.45) is 0.989. The van der Waals surface area contributed by atoms with Crippen LogP contribution in [0.15, 0.2) is 0 Å². The molecule has 0 bridgehead atoms. The van der Waals surface area contributed by atoms with Gasteiger partial charge >= 0.3 is 6.98 Å². The number of ketones is 1. The normalized spacial score (nSPS) is 28.7. The van der Waals surface area contributed by atoms with E-state index in [1.807, 2.05) is 0 Å². The van der Waals surface area contributed by atoms with E-state index in [2.05, 4.69) is 0 Å². The molecule has 0 aliphatic heterocycles. The largest absolute Gasteiger partial charge is 0.482 e. The first-order valence-corrected chi connectivity index (χ1v) is 4.19. The summed E-state index contributed by atoms with van der Waals surface area (Å²) in [7, 11) is 0. The third-order valence-corrected chi connectivity index (χ3v) is 2.24. The Kier molecular flexibility index (Phi) is 2.49. The van der Waals surface area contributed by atoms with Crippen LogP contribution in [-0.4, -0.2) is 12.8 Å². The molecule has 70 valence electrons. The van der Waals surface area contributed by atoms with Crippen LogP contribution < -0.4 is 0 Å². The SMILES string of the molecule is CCCC(=O)[C@@H]1C[C@H]1[B-](F)(F)F. The predicted molar refractivity (Wildman–Crippen MR) is 40.9 cm³/mol. The zero-order chi connectivity index (χ0) is 9.35. The van der Waals surface area contributed by atoms with Crippen molar-refractivity contribution in [3.05, 3.63) is 0 Å². The van der Waals surface area contributed by atoms with Crippen molar-refractivity contribution in [3.63, 3.8) is 0 Å². The van der Waals surface area contributed by atoms with Gasteiger partial charge in [-0.1, -0.05) is 19.2 Å². The van der Waals surface area contributed by atoms with Crippen molar-refractivity contribution in [2.45, 2.75) is 32.0 Å². The second kappa shape index (κ2) is 3.11. The third-order valence-electron chi connectivity index (χ3n) is 2.24. The van der Waals surface area contributed by atoms with Gasteiger partial charge in [0.25, 0.3) is 0 Å². The summed E-state index contributed by atoms with van der Waals surface area (Å²) in [5, 5.41) is 0. The van der Waals surface area contributed by atoms with Gasteiger partial charge < -0.3 is 12.9 Å². The van der Waals surface area contributed by atoms with Gasteiger partial charge in [0.1, 0.15) is 5.78 Å². The summed E-state index contributed by atoms with van der Waals surface area (Å²) in [4.78, 5) is 11.0. The van der Waals surface area contributed by atoms with Gasteiger partial charge in [-0.25, -0.2) is 0 Å². The van der Waals surface area contributed by atoms with E-state index in [9.17, 15) is 17.7 Å². The summed E-state index contributed by atoms with van der Waals surface area (Å²) in [5.41, 5.74) is 0. The molecule has 2 atom stereocenters. The lowest BCUT2D eigenvalue weighted by atomic mass is 9.81. The lowest BCUT2D eigenvalue weighted by molar-refractivity contribution is -0.120. The van der Waals surface area contributed by atoms with E-state index in [0.29, 0.717) is 12.8 Å². The Morgan fingerprint density at radius 1 is 1.50 bits per heavy atom. The standard InChI is InChI=1S/C7H11BF3O/c1-2-3-7(12)5-4-6(5)8(9,10)11/h5-6H,2-4H2,1H3/q-1/t5-,6-/m1/s1. The molecule has 1 nitrogen and oxygen atoms in total. The van der Waals surface area contributed by atoms with Crippen molar-refractivity contribution in [1.29, 1.82) is 0 Å². The first kappa shape index (κ1) is 9.61. The van der Waals surface area contributed by atoms with Gasteiger partial charge in [-0.15, -0.1) is 0 Å². The molecule has 0 radical (unpaired) electrons. The number of rotatable bonds is 4. The fraction of sp³-hybridized carbons (Fsp3) is 0.857. The Bertz CT molecular complexity index is 190. The zero-order valence-electron chi connectivity index (χ0n) is 6.90. The second-order valence-corrected chi connectivity index (χ2v) is 3.35. The van der Waals surface area contributed by atoms with Gasteiger partial charge in [-0.2, -0.15) is 0 Å². The molecule has 1 saturated carbocycles. The molecule has 12 heavy (non-hydrogen) atoms. The van der Waals surface area contributed by atoms with E-state index < -0.39 is 18.7 Å². The van der Waals surface area contributed by atoms with E-state index in [1.165, 1.54) is 0 Å². The average molecular weight is 179 g/mol. The Balaban J connectivity index is 2.37. The molecule has 1 aliphatic rings. The topological polar surface area (TPSA) is 17.1 Å². The van der Waals surface area contributed by atoms with Crippen molar-refractivity contribution < 1.29 is 17.7 Å². The van der Waals surface area contributed by atoms with Crippen LogP contribution in [0, 0.1) is 5.92 Å². The van der Waals surface area contributed by atoms with Gasteiger partial charge in [0.05, 0.1) is 0 Å². The van der Waals surface area contributed by atoms with Gasteiger partial charge in [-0.05, 0) is 12.3 Å². The first-order chi connectivity index (χ1) is 5.46. The summed E-state index contributed by atoms with van der Waals surface area (Å²) >= 11 is 0. The number of hydrogen-bond acceptors (Lipinski definition) is 1. The van der Waals surface area contributed by atoms with E-state index in [0.717, 1.165) is 0 Å². The minimum Gasteiger partial charge on any atom is -0.449 e. The molecule has 0 N–H and O–H groups in total. The Morgan fingerprint density at radius 3 is 2.42 bits per heavy atom. The predicted octanol–water partition coefficient (Wildman–Crippen LogP) is 2.59. The number of Topliss-reactive ketones (excluding diaryl/α,β-unsaturated/α-hetero) is 1. The summed E-state index contributed by atoms with van der Waals surface area (Å²) in [5.74, 6) is -2.17. The van der Waals surface area contributed by atoms with Gasteiger partial charge in [0, 0.05) is 6.42 Å². The smallest absolute Gasteiger partial charge is 0.449 e. The Hall–Kier alpha value is -0.475. The molecule has 1 fully saturated rings. The van der Waals surface area contributed by atoms with Gasteiger partial charge in [0.2, 0.25) is 0 Å². The summed E-state index contributed by atoms with van der Waals surface area (Å²) < 4.78 is 36.0. The number of hydrogen-bond donors (Lipinski definition) is 0. The molecule has 5 heteroatoms. The van der Waals surface area contributed by atoms with Gasteiger partial charge in [-0.3, -0.25) is 4.79 Å². The van der Waals surface area contributed by atoms with Crippen LogP contribution >= 0.6 is 0 Å². The van der Waals surface area contributed by atoms with E-state index in [1.54, 1.807) is 6.92 Å². The maximum Gasteiger partial charge on any atom is 0.482 e. The highest BCUT2D eigenvalue weighted by atomic mass is 19.4. The van der Waals surface area contributed by atoms with Crippen molar-refractivity contribution in [1.82, 2.24) is 0 Å². The van der Waals surface area contributed by atoms with Crippen LogP contribution in [0.2, 0.25) is 5.82 Å². The lowest BCUT2D eigenvalue weighted by Crippen LogP contribution is -2.17. The molecule has 0 spiro atoms. The quantitative estimate of drug-likeness (QED) is 0.606. The van der Waals surface area contributed by atoms with Crippen LogP contribution in [0.25, 0.3) is 0 Å². The van der Waals surface area contributed by atoms with Crippen LogP contribution in [0.3, 0.4) is 0 Å². The average Bonchev–Trinajstić information content (AvgIpc) is 2.62. The molecule has 0 saturated heterocycles. The molecule has 0 aromatic carbocycles. The number of halogens is 3. The highest BCUT2D eigenvalue weighted by Gasteiger charge is 2.53. The zero-order valence-corrected chi connectivity index (χ0v) is 6.90. The molecule has 0 unspecified atom stereocenters. The molecule has 1 aliphatic carbocycles. The fourth-order valence-electron chi connectivity index (χ4n) is 1.43. The molecule has 0 aromatic heterocycles. The second-order valence-electron chi connectivity index (χ2n) is 3.35. The van der Waals surface area contributed by atoms with E-state index >= 15 is 0 Å². The summed E-state index contributed by atoms with van der Waals surface area (Å²) in [6, 6.07) is 0. The molecule has 1 rings (SSSR count). The van der Waals surface area contributed by atoms with Crippen molar-refractivity contribution in [2.24, 2.45) is 5.92 Å². The highest BCUT2D eigenvalue weighted by Crippen LogP contribution is 2.54. The summed E-state index contributed by atoms with van der Waals surface area (Å²) in [6.45, 7) is -2.96. The highest BCUT2D eigenvalue weighted by molar-refractivity contribution is 6.61. The lowest BCUT2D eigenvalue weighted by Gasteiger charge is -2.11. The molecular formula is C7H11BF3O-. The molecule has 0 aromatic rings. The Labute approximate surface area is 69.4 Å². The number of carbonyl (C=O) groups excluding carboxylic acids is 1. The van der Waals surface area contributed by atoms with Crippen LogP contribution in [0.4, 0.5) is 12.9 Å². The van der Waals surface area contributed by atoms with Crippen LogP contribution in [0.1, 0.15) is 26.2 Å². The van der Waals surface area contributed by atoms with Crippen LogP contribution in [-0.2, 0) is 4.79 Å². The third kappa shape index (κ3) is 2.02. The maximum absolute atomic E-state index is 12.0. The first-order valence-electron chi connectivity index (χ1n) is 4.19. The monoisotopic (exact) mass is 179 g/mol. The maximum atomic E-state index is 12.0. The Morgan fingerprint density at radius 2 is 2.08 bits per heavy atom. The number of carbonyl (C=O) groups is 1. The molecule has 0 heterocycles. The molecular weight excluding hydrogens is 168 g/mol. The van der Waals surface area contributed by atoms with E-state index in [4.69, 9.17) is 0 Å². The van der Waals surface area contributed by atoms with Crippen molar-refractivity contribution in [2.75, 3.05) is 0 Å². The van der Waals surface area contributed by atoms with Gasteiger partial charge in [0.15, 0.2) is 0 Å². The molecule has 0 amide bonds. The minimum absolute atomic E-state index is 0.0440. The fourth-order valence-corrected chi connectivity index (χ4v) is 1.43. The van der Waals surface area contributed by atoms with Crippen molar-refractivity contribution >= 4 is 12.8 Å². The van der Waals surface area contributed by atoms with E-state index in [-0.39, 0.29) is 12.2 Å². The van der Waals surface area contributed by atoms with Crippen LogP contribution in [0.5, 0.6) is 0 Å². The minimum atomic E-state index is -4.76.